The molecule has 3 heteroatoms. The first-order valence-corrected chi connectivity index (χ1v) is 5.40. The first-order valence-electron chi connectivity index (χ1n) is 5.40. The first-order chi connectivity index (χ1) is 7.60. The standard InChI is InChI=1S/C13H23N3/c1-6-15(7-2)13(5)11-16(8-3)12(4)9-10-14/h6-8,13H,1-4,9-11,14H2,5H3. The molecule has 0 aliphatic rings. The van der Waals surface area contributed by atoms with Crippen LogP contribution in [0.25, 0.3) is 0 Å². The highest BCUT2D eigenvalue weighted by Crippen LogP contribution is 2.10. The number of nitrogens with zero attached hydrogens (tertiary/aromatic N) is 2. The fourth-order valence-corrected chi connectivity index (χ4v) is 1.46. The molecule has 0 heterocycles. The minimum absolute atomic E-state index is 0.266. The Morgan fingerprint density at radius 1 is 1.25 bits per heavy atom. The van der Waals surface area contributed by atoms with Gasteiger partial charge in [-0.25, -0.2) is 0 Å². The molecule has 0 aromatic heterocycles. The minimum atomic E-state index is 0.266. The summed E-state index contributed by atoms with van der Waals surface area (Å²) in [5.41, 5.74) is 6.48. The van der Waals surface area contributed by atoms with Crippen molar-refractivity contribution in [2.75, 3.05) is 13.1 Å². The molecule has 2 N–H and O–H groups in total. The number of rotatable bonds is 9. The molecule has 0 fully saturated rings. The van der Waals surface area contributed by atoms with Crippen LogP contribution in [0, 0.1) is 0 Å². The van der Waals surface area contributed by atoms with Gasteiger partial charge in [0.1, 0.15) is 0 Å². The molecule has 0 amide bonds. The zero-order chi connectivity index (χ0) is 12.6. The molecule has 0 aromatic carbocycles. The third-order valence-corrected chi connectivity index (χ3v) is 2.45. The van der Waals surface area contributed by atoms with Gasteiger partial charge in [-0.1, -0.05) is 26.3 Å². The molecule has 1 unspecified atom stereocenters. The van der Waals surface area contributed by atoms with Crippen molar-refractivity contribution < 1.29 is 0 Å². The van der Waals surface area contributed by atoms with Crippen molar-refractivity contribution in [1.29, 1.82) is 0 Å². The SMILES string of the molecule is C=CN(CC(C)N(C=C)C=C)C(=C)CCN. The fourth-order valence-electron chi connectivity index (χ4n) is 1.46. The van der Waals surface area contributed by atoms with Crippen LogP contribution >= 0.6 is 0 Å². The molecule has 0 radical (unpaired) electrons. The predicted octanol–water partition coefficient (Wildman–Crippen LogP) is 2.27. The van der Waals surface area contributed by atoms with Gasteiger partial charge in [0, 0.05) is 18.3 Å². The van der Waals surface area contributed by atoms with Crippen molar-refractivity contribution in [3.8, 4) is 0 Å². The summed E-state index contributed by atoms with van der Waals surface area (Å²) in [6.45, 7) is 18.7. The molecule has 0 aliphatic heterocycles. The second-order valence-corrected chi connectivity index (χ2v) is 3.60. The molecule has 0 aliphatic carbocycles. The van der Waals surface area contributed by atoms with E-state index in [1.165, 1.54) is 0 Å². The maximum absolute atomic E-state index is 5.50. The Labute approximate surface area is 99.2 Å². The fraction of sp³-hybridized carbons (Fsp3) is 0.385. The van der Waals surface area contributed by atoms with Crippen LogP contribution in [-0.2, 0) is 0 Å². The Kier molecular flexibility index (Phi) is 7.05. The molecule has 0 bridgehead atoms. The van der Waals surface area contributed by atoms with Crippen LogP contribution < -0.4 is 5.73 Å². The lowest BCUT2D eigenvalue weighted by atomic mass is 10.2. The Hall–Kier alpha value is -1.48. The lowest BCUT2D eigenvalue weighted by Crippen LogP contribution is -2.34. The van der Waals surface area contributed by atoms with Gasteiger partial charge in [0.15, 0.2) is 0 Å². The molecule has 16 heavy (non-hydrogen) atoms. The van der Waals surface area contributed by atoms with Gasteiger partial charge in [-0.05, 0) is 38.5 Å². The van der Waals surface area contributed by atoms with Gasteiger partial charge >= 0.3 is 0 Å². The zero-order valence-electron chi connectivity index (χ0n) is 10.2. The highest BCUT2D eigenvalue weighted by Gasteiger charge is 2.11. The summed E-state index contributed by atoms with van der Waals surface area (Å²) in [4.78, 5) is 3.96. The molecule has 0 aromatic rings. The van der Waals surface area contributed by atoms with E-state index in [1.807, 2.05) is 9.80 Å². The second-order valence-electron chi connectivity index (χ2n) is 3.60. The predicted molar refractivity (Wildman–Crippen MR) is 71.4 cm³/mol. The second kappa shape index (κ2) is 7.77. The Balaban J connectivity index is 4.41. The van der Waals surface area contributed by atoms with Crippen molar-refractivity contribution in [3.63, 3.8) is 0 Å². The summed E-state index contributed by atoms with van der Waals surface area (Å²) >= 11 is 0. The van der Waals surface area contributed by atoms with E-state index in [9.17, 15) is 0 Å². The van der Waals surface area contributed by atoms with E-state index in [4.69, 9.17) is 5.73 Å². The summed E-state index contributed by atoms with van der Waals surface area (Å²) in [6, 6.07) is 0.266. The van der Waals surface area contributed by atoms with Crippen LogP contribution in [0.15, 0.2) is 50.6 Å². The summed E-state index contributed by atoms with van der Waals surface area (Å²) in [7, 11) is 0. The number of hydrogen-bond acceptors (Lipinski definition) is 3. The van der Waals surface area contributed by atoms with Crippen LogP contribution in [0.1, 0.15) is 13.3 Å². The van der Waals surface area contributed by atoms with Gasteiger partial charge in [-0.15, -0.1) is 0 Å². The molecule has 0 saturated heterocycles. The summed E-state index contributed by atoms with van der Waals surface area (Å²) in [5.74, 6) is 0. The van der Waals surface area contributed by atoms with Crippen molar-refractivity contribution in [3.05, 3.63) is 50.6 Å². The molecule has 90 valence electrons. The van der Waals surface area contributed by atoms with Crippen molar-refractivity contribution in [2.45, 2.75) is 19.4 Å². The van der Waals surface area contributed by atoms with Crippen molar-refractivity contribution >= 4 is 0 Å². The summed E-state index contributed by atoms with van der Waals surface area (Å²) in [6.07, 6.45) is 6.06. The summed E-state index contributed by atoms with van der Waals surface area (Å²) < 4.78 is 0. The lowest BCUT2D eigenvalue weighted by Gasteiger charge is -2.30. The number of hydrogen-bond donors (Lipinski definition) is 1. The molecular weight excluding hydrogens is 198 g/mol. The van der Waals surface area contributed by atoms with Crippen LogP contribution in [0.5, 0.6) is 0 Å². The third kappa shape index (κ3) is 4.36. The van der Waals surface area contributed by atoms with Crippen molar-refractivity contribution in [2.24, 2.45) is 5.73 Å². The highest BCUT2D eigenvalue weighted by molar-refractivity contribution is 5.01. The lowest BCUT2D eigenvalue weighted by molar-refractivity contribution is 0.306. The van der Waals surface area contributed by atoms with E-state index >= 15 is 0 Å². The van der Waals surface area contributed by atoms with E-state index < -0.39 is 0 Å². The first kappa shape index (κ1) is 14.5. The van der Waals surface area contributed by atoms with Crippen LogP contribution in [0.3, 0.4) is 0 Å². The largest absolute Gasteiger partial charge is 0.351 e. The number of nitrogens with two attached hydrogens (primary N) is 1. The van der Waals surface area contributed by atoms with Crippen molar-refractivity contribution in [1.82, 2.24) is 9.80 Å². The highest BCUT2D eigenvalue weighted by atomic mass is 15.2. The minimum Gasteiger partial charge on any atom is -0.351 e. The van der Waals surface area contributed by atoms with Gasteiger partial charge in [-0.2, -0.15) is 0 Å². The van der Waals surface area contributed by atoms with E-state index in [0.717, 1.165) is 18.7 Å². The zero-order valence-corrected chi connectivity index (χ0v) is 10.2. The van der Waals surface area contributed by atoms with E-state index in [2.05, 4.69) is 33.2 Å². The molecule has 0 rings (SSSR count). The third-order valence-electron chi connectivity index (χ3n) is 2.45. The average molecular weight is 221 g/mol. The van der Waals surface area contributed by atoms with E-state index in [1.54, 1.807) is 18.6 Å². The Morgan fingerprint density at radius 3 is 2.19 bits per heavy atom. The smallest absolute Gasteiger partial charge is 0.0481 e. The topological polar surface area (TPSA) is 32.5 Å². The van der Waals surface area contributed by atoms with Gasteiger partial charge in [0.2, 0.25) is 0 Å². The Morgan fingerprint density at radius 2 is 1.81 bits per heavy atom. The molecular formula is C13H23N3. The summed E-state index contributed by atoms with van der Waals surface area (Å²) in [5, 5.41) is 0. The van der Waals surface area contributed by atoms with Crippen LogP contribution in [0.2, 0.25) is 0 Å². The Bertz CT molecular complexity index is 250. The van der Waals surface area contributed by atoms with Gasteiger partial charge < -0.3 is 15.5 Å². The van der Waals surface area contributed by atoms with E-state index in [0.29, 0.717) is 6.54 Å². The maximum Gasteiger partial charge on any atom is 0.0481 e. The average Bonchev–Trinajstić information content (AvgIpc) is 2.27. The van der Waals surface area contributed by atoms with Crippen LogP contribution in [0.4, 0.5) is 0 Å². The molecule has 3 nitrogen and oxygen atoms in total. The van der Waals surface area contributed by atoms with Gasteiger partial charge in [0.05, 0.1) is 0 Å². The monoisotopic (exact) mass is 221 g/mol. The normalized spacial score (nSPS) is 11.4. The van der Waals surface area contributed by atoms with Gasteiger partial charge in [0.25, 0.3) is 0 Å². The quantitative estimate of drug-likeness (QED) is 0.648. The van der Waals surface area contributed by atoms with Gasteiger partial charge in [-0.3, -0.25) is 0 Å². The maximum atomic E-state index is 5.50. The molecule has 0 spiro atoms. The van der Waals surface area contributed by atoms with Crippen LogP contribution in [-0.4, -0.2) is 28.9 Å². The molecule has 0 saturated carbocycles. The van der Waals surface area contributed by atoms with E-state index in [-0.39, 0.29) is 6.04 Å². The molecule has 1 atom stereocenters.